The van der Waals surface area contributed by atoms with E-state index in [4.69, 9.17) is 21.1 Å². The van der Waals surface area contributed by atoms with E-state index in [-0.39, 0.29) is 6.29 Å². The quantitative estimate of drug-likeness (QED) is 0.709. The Morgan fingerprint density at radius 2 is 1.92 bits per heavy atom. The van der Waals surface area contributed by atoms with E-state index in [0.717, 1.165) is 40.1 Å². The largest absolute Gasteiger partial charge is 0.350 e. The smallest absolute Gasteiger partial charge is 0.158 e. The second-order valence-electron chi connectivity index (χ2n) is 6.07. The van der Waals surface area contributed by atoms with Crippen LogP contribution < -0.4 is 0 Å². The highest BCUT2D eigenvalue weighted by molar-refractivity contribution is 6.36. The van der Waals surface area contributed by atoms with Gasteiger partial charge in [-0.3, -0.25) is 0 Å². The fraction of sp³-hybridized carbons (Fsp3) is 0.316. The molecule has 24 heavy (non-hydrogen) atoms. The molecule has 4 nitrogen and oxygen atoms in total. The van der Waals surface area contributed by atoms with E-state index in [9.17, 15) is 0 Å². The molecule has 2 aromatic heterocycles. The lowest BCUT2D eigenvalue weighted by atomic mass is 10.1. The summed E-state index contributed by atoms with van der Waals surface area (Å²) in [4.78, 5) is 4.64. The summed E-state index contributed by atoms with van der Waals surface area (Å²) in [5.74, 6) is 0. The van der Waals surface area contributed by atoms with Crippen molar-refractivity contribution in [3.05, 3.63) is 58.9 Å². The van der Waals surface area contributed by atoms with Crippen molar-refractivity contribution in [3.8, 4) is 5.69 Å². The zero-order valence-corrected chi connectivity index (χ0v) is 14.3. The molecular weight excluding hydrogens is 324 g/mol. The van der Waals surface area contributed by atoms with Gasteiger partial charge in [0.2, 0.25) is 0 Å². The highest BCUT2D eigenvalue weighted by atomic mass is 35.5. The molecule has 0 amide bonds. The van der Waals surface area contributed by atoms with Gasteiger partial charge < -0.3 is 14.0 Å². The standard InChI is InChI=1S/C19H19ClN2O2/c1-13-2-5-15(6-3-13)22-9-8-16-18(20)14(12-21-19(16)22)4-7-17-23-10-11-24-17/h2-3,5-6,8-9,12,17H,4,7,10-11H2,1H3. The molecule has 3 heterocycles. The minimum atomic E-state index is -0.117. The van der Waals surface area contributed by atoms with Crippen LogP contribution in [-0.2, 0) is 15.9 Å². The van der Waals surface area contributed by atoms with Crippen molar-refractivity contribution in [2.45, 2.75) is 26.1 Å². The molecule has 0 N–H and O–H groups in total. The third kappa shape index (κ3) is 2.93. The fourth-order valence-corrected chi connectivity index (χ4v) is 3.32. The lowest BCUT2D eigenvalue weighted by molar-refractivity contribution is -0.0461. The number of halogens is 1. The van der Waals surface area contributed by atoms with E-state index in [1.54, 1.807) is 0 Å². The summed E-state index contributed by atoms with van der Waals surface area (Å²) in [7, 11) is 0. The Morgan fingerprint density at radius 3 is 2.67 bits per heavy atom. The normalized spacial score (nSPS) is 15.4. The molecule has 0 saturated carbocycles. The number of nitrogens with zero attached hydrogens (tertiary/aromatic N) is 2. The van der Waals surface area contributed by atoms with Crippen LogP contribution in [0.1, 0.15) is 17.5 Å². The first-order valence-electron chi connectivity index (χ1n) is 8.17. The molecule has 0 radical (unpaired) electrons. The van der Waals surface area contributed by atoms with Gasteiger partial charge in [-0.25, -0.2) is 4.98 Å². The van der Waals surface area contributed by atoms with Crippen LogP contribution in [0.4, 0.5) is 0 Å². The molecule has 3 aromatic rings. The van der Waals surface area contributed by atoms with Crippen molar-refractivity contribution in [2.75, 3.05) is 13.2 Å². The molecule has 0 bridgehead atoms. The van der Waals surface area contributed by atoms with Gasteiger partial charge in [0.15, 0.2) is 6.29 Å². The van der Waals surface area contributed by atoms with Gasteiger partial charge in [-0.15, -0.1) is 0 Å². The number of aromatic nitrogens is 2. The monoisotopic (exact) mass is 342 g/mol. The van der Waals surface area contributed by atoms with Crippen molar-refractivity contribution in [2.24, 2.45) is 0 Å². The molecule has 1 aliphatic heterocycles. The fourth-order valence-electron chi connectivity index (χ4n) is 3.03. The molecule has 5 heteroatoms. The van der Waals surface area contributed by atoms with Crippen LogP contribution in [0.3, 0.4) is 0 Å². The third-order valence-electron chi connectivity index (χ3n) is 4.37. The number of ether oxygens (including phenoxy) is 2. The van der Waals surface area contributed by atoms with Crippen molar-refractivity contribution >= 4 is 22.6 Å². The van der Waals surface area contributed by atoms with Crippen molar-refractivity contribution in [3.63, 3.8) is 0 Å². The Balaban J connectivity index is 1.63. The zero-order valence-electron chi connectivity index (χ0n) is 13.5. The van der Waals surface area contributed by atoms with E-state index in [0.29, 0.717) is 13.2 Å². The summed E-state index contributed by atoms with van der Waals surface area (Å²) in [6.45, 7) is 3.43. The average molecular weight is 343 g/mol. The first kappa shape index (κ1) is 15.6. The predicted octanol–water partition coefficient (Wildman–Crippen LogP) is 4.29. The van der Waals surface area contributed by atoms with Gasteiger partial charge in [0, 0.05) is 29.9 Å². The molecule has 124 valence electrons. The second kappa shape index (κ2) is 6.55. The van der Waals surface area contributed by atoms with Gasteiger partial charge in [-0.05, 0) is 37.1 Å². The number of aryl methyl sites for hydroxylation is 2. The van der Waals surface area contributed by atoms with Crippen LogP contribution >= 0.6 is 11.6 Å². The number of hydrogen-bond donors (Lipinski definition) is 0. The van der Waals surface area contributed by atoms with E-state index in [2.05, 4.69) is 40.7 Å². The number of rotatable bonds is 4. The van der Waals surface area contributed by atoms with Crippen LogP contribution in [0.15, 0.2) is 42.7 Å². The van der Waals surface area contributed by atoms with Crippen molar-refractivity contribution in [1.29, 1.82) is 0 Å². The summed E-state index contributed by atoms with van der Waals surface area (Å²) in [5.41, 5.74) is 4.23. The molecule has 0 aliphatic carbocycles. The highest BCUT2D eigenvalue weighted by Crippen LogP contribution is 2.29. The molecule has 0 unspecified atom stereocenters. The maximum Gasteiger partial charge on any atom is 0.158 e. The summed E-state index contributed by atoms with van der Waals surface area (Å²) < 4.78 is 13.0. The molecule has 1 saturated heterocycles. The van der Waals surface area contributed by atoms with Crippen LogP contribution in [-0.4, -0.2) is 29.1 Å². The lowest BCUT2D eigenvalue weighted by Gasteiger charge is -2.10. The molecule has 4 rings (SSSR count). The predicted molar refractivity (Wildman–Crippen MR) is 94.8 cm³/mol. The van der Waals surface area contributed by atoms with E-state index >= 15 is 0 Å². The second-order valence-corrected chi connectivity index (χ2v) is 6.44. The van der Waals surface area contributed by atoms with Gasteiger partial charge >= 0.3 is 0 Å². The molecule has 0 atom stereocenters. The number of fused-ring (bicyclic) bond motifs is 1. The lowest BCUT2D eigenvalue weighted by Crippen LogP contribution is -2.09. The Hall–Kier alpha value is -1.88. The summed E-state index contributed by atoms with van der Waals surface area (Å²) in [5, 5.41) is 1.74. The Labute approximate surface area is 146 Å². The topological polar surface area (TPSA) is 36.3 Å². The zero-order chi connectivity index (χ0) is 16.5. The molecule has 1 fully saturated rings. The average Bonchev–Trinajstić information content (AvgIpc) is 3.25. The molecule has 1 aliphatic rings. The van der Waals surface area contributed by atoms with Crippen LogP contribution in [0.25, 0.3) is 16.7 Å². The number of pyridine rings is 1. The van der Waals surface area contributed by atoms with Gasteiger partial charge in [0.1, 0.15) is 5.65 Å². The summed E-state index contributed by atoms with van der Waals surface area (Å²) in [6, 6.07) is 10.4. The van der Waals surface area contributed by atoms with Gasteiger partial charge in [-0.2, -0.15) is 0 Å². The van der Waals surface area contributed by atoms with Crippen molar-refractivity contribution in [1.82, 2.24) is 9.55 Å². The summed E-state index contributed by atoms with van der Waals surface area (Å²) in [6.07, 6.45) is 5.35. The van der Waals surface area contributed by atoms with Crippen LogP contribution in [0.2, 0.25) is 5.02 Å². The third-order valence-corrected chi connectivity index (χ3v) is 4.82. The highest BCUT2D eigenvalue weighted by Gasteiger charge is 2.17. The van der Waals surface area contributed by atoms with Crippen LogP contribution in [0, 0.1) is 6.92 Å². The first-order valence-corrected chi connectivity index (χ1v) is 8.55. The maximum atomic E-state index is 6.62. The molecule has 1 aromatic carbocycles. The van der Waals surface area contributed by atoms with Crippen molar-refractivity contribution < 1.29 is 9.47 Å². The minimum absolute atomic E-state index is 0.117. The van der Waals surface area contributed by atoms with Gasteiger partial charge in [0.05, 0.1) is 18.2 Å². The number of benzene rings is 1. The Morgan fingerprint density at radius 1 is 1.17 bits per heavy atom. The molecule has 0 spiro atoms. The van der Waals surface area contributed by atoms with Gasteiger partial charge in [0.25, 0.3) is 0 Å². The van der Waals surface area contributed by atoms with Crippen LogP contribution in [0.5, 0.6) is 0 Å². The number of hydrogen-bond acceptors (Lipinski definition) is 3. The molecular formula is C19H19ClN2O2. The van der Waals surface area contributed by atoms with E-state index in [1.165, 1.54) is 5.56 Å². The summed E-state index contributed by atoms with van der Waals surface area (Å²) >= 11 is 6.62. The maximum absolute atomic E-state index is 6.62. The SMILES string of the molecule is Cc1ccc(-n2ccc3c(Cl)c(CCC4OCCO4)cnc32)cc1. The van der Waals surface area contributed by atoms with E-state index < -0.39 is 0 Å². The first-order chi connectivity index (χ1) is 11.7. The minimum Gasteiger partial charge on any atom is -0.350 e. The Kier molecular flexibility index (Phi) is 4.27. The Bertz CT molecular complexity index is 852. The van der Waals surface area contributed by atoms with E-state index in [1.807, 2.05) is 18.5 Å². The van der Waals surface area contributed by atoms with Gasteiger partial charge in [-0.1, -0.05) is 29.3 Å².